The van der Waals surface area contributed by atoms with Crippen molar-refractivity contribution >= 4 is 13.8 Å². The Morgan fingerprint density at radius 1 is 0.536 bits per heavy atom. The number of rotatable bonds is 38. The Labute approximate surface area is 341 Å². The molecule has 2 unspecified atom stereocenters. The molecule has 0 aromatic carbocycles. The Kier molecular flexibility index (Phi) is 40.6. The fourth-order valence-electron chi connectivity index (χ4n) is 4.88. The zero-order chi connectivity index (χ0) is 40.9. The highest BCUT2D eigenvalue weighted by atomic mass is 31.2. The molecule has 0 saturated heterocycles. The van der Waals surface area contributed by atoms with E-state index in [1.165, 1.54) is 0 Å². The van der Waals surface area contributed by atoms with Crippen molar-refractivity contribution < 1.29 is 32.8 Å². The minimum absolute atomic E-state index is 0.0583. The van der Waals surface area contributed by atoms with Gasteiger partial charge in [0.1, 0.15) is 6.10 Å². The maximum atomic E-state index is 12.6. The summed E-state index contributed by atoms with van der Waals surface area (Å²) >= 11 is 0. The third-order valence-corrected chi connectivity index (χ3v) is 8.86. The average Bonchev–Trinajstić information content (AvgIpc) is 3.19. The van der Waals surface area contributed by atoms with Crippen molar-refractivity contribution in [2.75, 3.05) is 33.0 Å². The molecule has 0 fully saturated rings. The van der Waals surface area contributed by atoms with Crippen molar-refractivity contribution in [3.05, 3.63) is 122 Å². The predicted octanol–water partition coefficient (Wildman–Crippen LogP) is 12.6. The molecule has 0 spiro atoms. The van der Waals surface area contributed by atoms with Crippen molar-refractivity contribution in [1.82, 2.24) is 0 Å². The summed E-state index contributed by atoms with van der Waals surface area (Å²) in [6.07, 6.45) is 59.5. The van der Waals surface area contributed by atoms with E-state index in [2.05, 4.69) is 135 Å². The number of nitrogens with two attached hydrogens (primary N) is 1. The molecule has 56 heavy (non-hydrogen) atoms. The molecule has 8 nitrogen and oxygen atoms in total. The molecule has 0 heterocycles. The normalized spacial score (nSPS) is 14.7. The van der Waals surface area contributed by atoms with Gasteiger partial charge >= 0.3 is 13.8 Å². The molecule has 0 radical (unpaired) electrons. The second-order valence-corrected chi connectivity index (χ2v) is 14.5. The van der Waals surface area contributed by atoms with Crippen LogP contribution in [0, 0.1) is 0 Å². The first kappa shape index (κ1) is 52.9. The van der Waals surface area contributed by atoms with Gasteiger partial charge in [-0.25, -0.2) is 4.57 Å². The summed E-state index contributed by atoms with van der Waals surface area (Å²) in [6.45, 7) is 4.45. The van der Waals surface area contributed by atoms with E-state index >= 15 is 0 Å². The van der Waals surface area contributed by atoms with Gasteiger partial charge in [-0.05, 0) is 96.3 Å². The van der Waals surface area contributed by atoms with Gasteiger partial charge in [0, 0.05) is 19.6 Å². The highest BCUT2D eigenvalue weighted by molar-refractivity contribution is 7.47. The molecule has 0 saturated carbocycles. The molecule has 0 rings (SSSR count). The SMILES string of the molecule is CC/C=C\C/C=C\C/C=C\C/C=C\C/C=C\C/C=C\CCCCCCC(=O)OC(COCCC/C=C\C/C=C\C/C=C\C/C=C\CC)COP(=O)(O)OCCN. The van der Waals surface area contributed by atoms with Crippen LogP contribution in [0.25, 0.3) is 0 Å². The van der Waals surface area contributed by atoms with Gasteiger partial charge in [0.25, 0.3) is 0 Å². The molecule has 0 amide bonds. The lowest BCUT2D eigenvalue weighted by Crippen LogP contribution is -2.28. The molecule has 0 aromatic rings. The van der Waals surface area contributed by atoms with Crippen LogP contribution < -0.4 is 5.73 Å². The molecular weight excluding hydrogens is 721 g/mol. The molecule has 0 bridgehead atoms. The van der Waals surface area contributed by atoms with E-state index in [0.29, 0.717) is 13.0 Å². The molecule has 0 aliphatic carbocycles. The molecule has 9 heteroatoms. The largest absolute Gasteiger partial charge is 0.472 e. The molecule has 0 aromatic heterocycles. The number of hydrogen-bond acceptors (Lipinski definition) is 7. The van der Waals surface area contributed by atoms with Crippen molar-refractivity contribution in [3.8, 4) is 0 Å². The third kappa shape index (κ3) is 42.1. The second-order valence-electron chi connectivity index (χ2n) is 13.1. The Hall–Kier alpha value is -3.10. The number of esters is 1. The minimum Gasteiger partial charge on any atom is -0.457 e. The molecule has 0 aliphatic rings. The number of hydrogen-bond donors (Lipinski definition) is 2. The van der Waals surface area contributed by atoms with E-state index in [1.54, 1.807) is 0 Å². The van der Waals surface area contributed by atoms with Crippen LogP contribution in [-0.4, -0.2) is 49.9 Å². The summed E-state index contributed by atoms with van der Waals surface area (Å²) in [5.74, 6) is -0.380. The summed E-state index contributed by atoms with van der Waals surface area (Å²) in [6, 6.07) is 0. The summed E-state index contributed by atoms with van der Waals surface area (Å²) in [4.78, 5) is 22.5. The fraction of sp³-hybridized carbons (Fsp3) is 0.553. The van der Waals surface area contributed by atoms with Crippen molar-refractivity contribution in [2.45, 2.75) is 136 Å². The number of ether oxygens (including phenoxy) is 2. The first-order valence-electron chi connectivity index (χ1n) is 21.0. The molecule has 2 atom stereocenters. The van der Waals surface area contributed by atoms with E-state index in [-0.39, 0.29) is 38.8 Å². The lowest BCUT2D eigenvalue weighted by atomic mass is 10.1. The van der Waals surface area contributed by atoms with Gasteiger partial charge in [-0.1, -0.05) is 148 Å². The van der Waals surface area contributed by atoms with Crippen LogP contribution in [0.3, 0.4) is 0 Å². The number of phosphoric ester groups is 1. The maximum Gasteiger partial charge on any atom is 0.472 e. The number of carbonyl (C=O) groups is 1. The van der Waals surface area contributed by atoms with Crippen molar-refractivity contribution in [3.63, 3.8) is 0 Å². The smallest absolute Gasteiger partial charge is 0.457 e. The van der Waals surface area contributed by atoms with E-state index in [9.17, 15) is 14.3 Å². The summed E-state index contributed by atoms with van der Waals surface area (Å²) in [5.41, 5.74) is 5.36. The zero-order valence-electron chi connectivity index (χ0n) is 34.8. The summed E-state index contributed by atoms with van der Waals surface area (Å²) < 4.78 is 33.3. The van der Waals surface area contributed by atoms with Crippen molar-refractivity contribution in [2.24, 2.45) is 5.73 Å². The summed E-state index contributed by atoms with van der Waals surface area (Å²) in [7, 11) is -4.31. The quantitative estimate of drug-likeness (QED) is 0.0274. The van der Waals surface area contributed by atoms with E-state index in [4.69, 9.17) is 24.3 Å². The van der Waals surface area contributed by atoms with Crippen molar-refractivity contribution in [1.29, 1.82) is 0 Å². The number of phosphoric acid groups is 1. The van der Waals surface area contributed by atoms with Crippen LogP contribution in [0.15, 0.2) is 122 Å². The van der Waals surface area contributed by atoms with Gasteiger partial charge in [-0.2, -0.15) is 0 Å². The number of carbonyl (C=O) groups excluding carboxylic acids is 1. The molecule has 316 valence electrons. The fourth-order valence-corrected chi connectivity index (χ4v) is 5.65. The van der Waals surface area contributed by atoms with Gasteiger partial charge < -0.3 is 20.1 Å². The highest BCUT2D eigenvalue weighted by Crippen LogP contribution is 2.43. The first-order chi connectivity index (χ1) is 27.4. The van der Waals surface area contributed by atoms with Crippen LogP contribution in [0.5, 0.6) is 0 Å². The standard InChI is InChI=1S/C47H76NO7P/c1-3-5-7-9-11-13-15-17-19-20-21-22-23-24-25-26-27-28-30-32-34-36-38-40-47(49)55-46(45-54-56(50,51)53-43-41-48)44-52-42-39-37-35-33-31-29-18-16-14-12-10-8-6-4-2/h5-8,11-14,17-19,21-22,24-25,27-29,33,35,46H,3-4,9-10,15-16,20,23,26,30-32,34,36-45,48H2,1-2H3,(H,50,51)/b7-5-,8-6-,13-11-,14-12-,19-17-,22-21-,25-24-,28-27-,29-18-,35-33-. The lowest BCUT2D eigenvalue weighted by molar-refractivity contribution is -0.154. The Bertz CT molecular complexity index is 1260. The van der Waals surface area contributed by atoms with Crippen LogP contribution in [-0.2, 0) is 27.9 Å². The van der Waals surface area contributed by atoms with Crippen LogP contribution in [0.1, 0.15) is 129 Å². The molecule has 3 N–H and O–H groups in total. The van der Waals surface area contributed by atoms with E-state index in [0.717, 1.165) is 103 Å². The lowest BCUT2D eigenvalue weighted by Gasteiger charge is -2.20. The molecule has 0 aliphatic heterocycles. The van der Waals surface area contributed by atoms with Gasteiger partial charge in [0.2, 0.25) is 0 Å². The zero-order valence-corrected chi connectivity index (χ0v) is 35.7. The average molecular weight is 798 g/mol. The minimum atomic E-state index is -4.31. The van der Waals surface area contributed by atoms with Crippen LogP contribution in [0.4, 0.5) is 0 Å². The van der Waals surface area contributed by atoms with Gasteiger partial charge in [0.15, 0.2) is 0 Å². The third-order valence-electron chi connectivity index (χ3n) is 7.87. The van der Waals surface area contributed by atoms with Gasteiger partial charge in [-0.15, -0.1) is 0 Å². The van der Waals surface area contributed by atoms with Gasteiger partial charge in [0.05, 0.1) is 19.8 Å². The van der Waals surface area contributed by atoms with Crippen LogP contribution in [0.2, 0.25) is 0 Å². The molecular formula is C47H76NO7P. The first-order valence-corrected chi connectivity index (χ1v) is 22.5. The Morgan fingerprint density at radius 3 is 1.39 bits per heavy atom. The van der Waals surface area contributed by atoms with E-state index < -0.39 is 13.9 Å². The van der Waals surface area contributed by atoms with E-state index in [1.807, 2.05) is 0 Å². The Morgan fingerprint density at radius 2 is 0.946 bits per heavy atom. The topological polar surface area (TPSA) is 117 Å². The highest BCUT2D eigenvalue weighted by Gasteiger charge is 2.25. The maximum absolute atomic E-state index is 12.6. The van der Waals surface area contributed by atoms with Gasteiger partial charge in [-0.3, -0.25) is 13.8 Å². The number of unbranched alkanes of at least 4 members (excludes halogenated alkanes) is 5. The summed E-state index contributed by atoms with van der Waals surface area (Å²) in [5, 5.41) is 0. The second kappa shape index (κ2) is 43.0. The predicted molar refractivity (Wildman–Crippen MR) is 237 cm³/mol. The Balaban J connectivity index is 4.21. The van der Waals surface area contributed by atoms with Crippen LogP contribution >= 0.6 is 7.82 Å². The number of allylic oxidation sites excluding steroid dienone is 20. The monoisotopic (exact) mass is 798 g/mol.